The van der Waals surface area contributed by atoms with Crippen LogP contribution in [0.1, 0.15) is 35.5 Å². The minimum absolute atomic E-state index is 0.690. The second-order valence-electron chi connectivity index (χ2n) is 5.74. The average Bonchev–Trinajstić information content (AvgIpc) is 3.03. The highest BCUT2D eigenvalue weighted by Gasteiger charge is 2.15. The van der Waals surface area contributed by atoms with Crippen LogP contribution in [-0.2, 0) is 19.5 Å². The van der Waals surface area contributed by atoms with Crippen LogP contribution < -0.4 is 4.90 Å². The van der Waals surface area contributed by atoms with Crippen molar-refractivity contribution < 1.29 is 0 Å². The molecule has 0 aliphatic rings. The molecule has 0 aromatic carbocycles. The van der Waals surface area contributed by atoms with Crippen molar-refractivity contribution in [2.75, 3.05) is 4.90 Å². The summed E-state index contributed by atoms with van der Waals surface area (Å²) in [5.41, 5.74) is 4.09. The molecular formula is C18H21N5S. The SMILES string of the molecule is CCc1nsc(N(Cc2cccc(C)n2)Cc2cccc(C)n2)n1. The molecule has 0 aliphatic heterocycles. The molecule has 124 valence electrons. The fraction of sp³-hybridized carbons (Fsp3) is 0.333. The van der Waals surface area contributed by atoms with Gasteiger partial charge in [0.15, 0.2) is 0 Å². The van der Waals surface area contributed by atoms with E-state index in [9.17, 15) is 0 Å². The Labute approximate surface area is 146 Å². The average molecular weight is 339 g/mol. The molecule has 5 nitrogen and oxygen atoms in total. The molecule has 3 aromatic rings. The first-order chi connectivity index (χ1) is 11.6. The second kappa shape index (κ2) is 7.49. The Morgan fingerprint density at radius 3 is 1.92 bits per heavy atom. The number of aromatic nitrogens is 4. The van der Waals surface area contributed by atoms with Crippen molar-refractivity contribution in [1.82, 2.24) is 19.3 Å². The zero-order chi connectivity index (χ0) is 16.9. The van der Waals surface area contributed by atoms with Gasteiger partial charge in [0.05, 0.1) is 24.5 Å². The van der Waals surface area contributed by atoms with Gasteiger partial charge in [-0.3, -0.25) is 9.97 Å². The number of rotatable bonds is 6. The Hall–Kier alpha value is -2.34. The molecule has 0 fully saturated rings. The predicted molar refractivity (Wildman–Crippen MR) is 97.1 cm³/mol. The summed E-state index contributed by atoms with van der Waals surface area (Å²) in [6, 6.07) is 12.2. The minimum Gasteiger partial charge on any atom is -0.335 e. The van der Waals surface area contributed by atoms with E-state index < -0.39 is 0 Å². The highest BCUT2D eigenvalue weighted by molar-refractivity contribution is 7.09. The lowest BCUT2D eigenvalue weighted by Crippen LogP contribution is -2.23. The molecule has 3 heterocycles. The third-order valence-electron chi connectivity index (χ3n) is 3.64. The van der Waals surface area contributed by atoms with Crippen LogP contribution in [0.5, 0.6) is 0 Å². The van der Waals surface area contributed by atoms with Crippen molar-refractivity contribution in [3.8, 4) is 0 Å². The van der Waals surface area contributed by atoms with Gasteiger partial charge in [-0.25, -0.2) is 4.98 Å². The van der Waals surface area contributed by atoms with E-state index in [2.05, 4.69) is 31.1 Å². The second-order valence-corrected chi connectivity index (χ2v) is 6.47. The van der Waals surface area contributed by atoms with Crippen LogP contribution in [0.4, 0.5) is 5.13 Å². The molecule has 0 saturated carbocycles. The number of pyridine rings is 2. The van der Waals surface area contributed by atoms with Gasteiger partial charge < -0.3 is 4.90 Å². The van der Waals surface area contributed by atoms with Gasteiger partial charge in [0.1, 0.15) is 5.82 Å². The number of hydrogen-bond acceptors (Lipinski definition) is 6. The molecule has 0 atom stereocenters. The van der Waals surface area contributed by atoms with Gasteiger partial charge in [0.25, 0.3) is 0 Å². The van der Waals surface area contributed by atoms with Gasteiger partial charge in [-0.2, -0.15) is 4.37 Å². The van der Waals surface area contributed by atoms with Crippen LogP contribution in [-0.4, -0.2) is 19.3 Å². The van der Waals surface area contributed by atoms with E-state index in [-0.39, 0.29) is 0 Å². The molecule has 6 heteroatoms. The van der Waals surface area contributed by atoms with Crippen molar-refractivity contribution in [2.45, 2.75) is 40.3 Å². The molecular weight excluding hydrogens is 318 g/mol. The molecule has 0 aliphatic carbocycles. The summed E-state index contributed by atoms with van der Waals surface area (Å²) in [5.74, 6) is 0.884. The lowest BCUT2D eigenvalue weighted by molar-refractivity contribution is 0.753. The van der Waals surface area contributed by atoms with E-state index in [4.69, 9.17) is 0 Å². The molecule has 3 aromatic heterocycles. The van der Waals surface area contributed by atoms with E-state index in [0.29, 0.717) is 13.1 Å². The first-order valence-corrected chi connectivity index (χ1v) is 8.84. The van der Waals surface area contributed by atoms with Crippen molar-refractivity contribution in [3.63, 3.8) is 0 Å². The summed E-state index contributed by atoms with van der Waals surface area (Å²) in [6.07, 6.45) is 0.843. The molecule has 24 heavy (non-hydrogen) atoms. The zero-order valence-electron chi connectivity index (χ0n) is 14.2. The van der Waals surface area contributed by atoms with Crippen LogP contribution in [0.2, 0.25) is 0 Å². The van der Waals surface area contributed by atoms with Crippen molar-refractivity contribution in [1.29, 1.82) is 0 Å². The van der Waals surface area contributed by atoms with Gasteiger partial charge in [-0.1, -0.05) is 19.1 Å². The summed E-state index contributed by atoms with van der Waals surface area (Å²) in [7, 11) is 0. The zero-order valence-corrected chi connectivity index (χ0v) is 15.0. The first kappa shape index (κ1) is 16.5. The number of nitrogens with zero attached hydrogens (tertiary/aromatic N) is 5. The smallest absolute Gasteiger partial charge is 0.205 e. The van der Waals surface area contributed by atoms with E-state index in [0.717, 1.165) is 40.2 Å². The van der Waals surface area contributed by atoms with Crippen LogP contribution in [0, 0.1) is 13.8 Å². The lowest BCUT2D eigenvalue weighted by Gasteiger charge is -2.21. The van der Waals surface area contributed by atoms with Gasteiger partial charge >= 0.3 is 0 Å². The van der Waals surface area contributed by atoms with E-state index >= 15 is 0 Å². The molecule has 0 N–H and O–H groups in total. The molecule has 0 spiro atoms. The number of aryl methyl sites for hydroxylation is 3. The van der Waals surface area contributed by atoms with Gasteiger partial charge in [0.2, 0.25) is 5.13 Å². The maximum atomic E-state index is 4.64. The van der Waals surface area contributed by atoms with Crippen LogP contribution in [0.15, 0.2) is 36.4 Å². The minimum atomic E-state index is 0.690. The molecule has 0 radical (unpaired) electrons. The maximum absolute atomic E-state index is 4.64. The van der Waals surface area contributed by atoms with Gasteiger partial charge in [-0.05, 0) is 38.1 Å². The Morgan fingerprint density at radius 1 is 0.875 bits per heavy atom. The summed E-state index contributed by atoms with van der Waals surface area (Å²) < 4.78 is 4.42. The van der Waals surface area contributed by atoms with Crippen molar-refractivity contribution in [2.24, 2.45) is 0 Å². The number of anilines is 1. The highest BCUT2D eigenvalue weighted by atomic mass is 32.1. The summed E-state index contributed by atoms with van der Waals surface area (Å²) in [4.78, 5) is 16.1. The Bertz CT molecular complexity index is 767. The van der Waals surface area contributed by atoms with E-state index in [1.54, 1.807) is 0 Å². The van der Waals surface area contributed by atoms with Crippen molar-refractivity contribution >= 4 is 16.7 Å². The van der Waals surface area contributed by atoms with Crippen LogP contribution in [0.3, 0.4) is 0 Å². The third-order valence-corrected chi connectivity index (χ3v) is 4.46. The van der Waals surface area contributed by atoms with Gasteiger partial charge in [-0.15, -0.1) is 0 Å². The monoisotopic (exact) mass is 339 g/mol. The Morgan fingerprint density at radius 2 is 1.46 bits per heavy atom. The van der Waals surface area contributed by atoms with Crippen molar-refractivity contribution in [3.05, 3.63) is 65.0 Å². The first-order valence-electron chi connectivity index (χ1n) is 8.06. The fourth-order valence-electron chi connectivity index (χ4n) is 2.47. The highest BCUT2D eigenvalue weighted by Crippen LogP contribution is 2.22. The third kappa shape index (κ3) is 4.14. The Balaban J connectivity index is 1.88. The fourth-order valence-corrected chi connectivity index (χ4v) is 3.22. The molecule has 0 amide bonds. The van der Waals surface area contributed by atoms with Crippen LogP contribution >= 0.6 is 11.5 Å². The lowest BCUT2D eigenvalue weighted by atomic mass is 10.2. The normalized spacial score (nSPS) is 10.8. The molecule has 0 unspecified atom stereocenters. The van der Waals surface area contributed by atoms with E-state index in [1.165, 1.54) is 11.5 Å². The Kier molecular flexibility index (Phi) is 5.15. The maximum Gasteiger partial charge on any atom is 0.205 e. The standard InChI is InChI=1S/C18H21N5S/c1-4-17-21-18(24-22-17)23(11-15-9-5-7-13(2)19-15)12-16-10-6-8-14(3)20-16/h5-10H,4,11-12H2,1-3H3. The summed E-state index contributed by atoms with van der Waals surface area (Å²) >= 11 is 1.44. The molecule has 0 saturated heterocycles. The summed E-state index contributed by atoms with van der Waals surface area (Å²) in [6.45, 7) is 7.47. The molecule has 3 rings (SSSR count). The van der Waals surface area contributed by atoms with Gasteiger partial charge in [0, 0.05) is 29.3 Å². The molecule has 0 bridgehead atoms. The van der Waals surface area contributed by atoms with Crippen LogP contribution in [0.25, 0.3) is 0 Å². The van der Waals surface area contributed by atoms with E-state index in [1.807, 2.05) is 50.2 Å². The topological polar surface area (TPSA) is 54.8 Å². The number of hydrogen-bond donors (Lipinski definition) is 0. The largest absolute Gasteiger partial charge is 0.335 e. The predicted octanol–water partition coefficient (Wildman–Crippen LogP) is 3.71. The quantitative estimate of drug-likeness (QED) is 0.685. The summed E-state index contributed by atoms with van der Waals surface area (Å²) in [5, 5.41) is 0.915.